The van der Waals surface area contributed by atoms with Gasteiger partial charge < -0.3 is 9.30 Å². The summed E-state index contributed by atoms with van der Waals surface area (Å²) in [4.78, 5) is 17.0. The van der Waals surface area contributed by atoms with Crippen molar-refractivity contribution in [2.75, 3.05) is 6.61 Å². The molecule has 0 bridgehead atoms. The second kappa shape index (κ2) is 8.95. The van der Waals surface area contributed by atoms with Crippen LogP contribution >= 0.6 is 11.3 Å². The Morgan fingerprint density at radius 3 is 2.57 bits per heavy atom. The van der Waals surface area contributed by atoms with E-state index in [0.29, 0.717) is 27.7 Å². The van der Waals surface area contributed by atoms with E-state index in [-0.39, 0.29) is 11.5 Å². The summed E-state index contributed by atoms with van der Waals surface area (Å²) in [5, 5.41) is 5.21. The average Bonchev–Trinajstić information content (AvgIpc) is 3.02. The van der Waals surface area contributed by atoms with Gasteiger partial charge in [-0.1, -0.05) is 43.4 Å². The molecule has 0 aliphatic carbocycles. The summed E-state index contributed by atoms with van der Waals surface area (Å²) in [7, 11) is -3.82. The number of fused-ring (bicyclic) bond motifs is 1. The van der Waals surface area contributed by atoms with Crippen molar-refractivity contribution in [2.24, 2.45) is 10.1 Å². The molecule has 2 aromatic carbocycles. The van der Waals surface area contributed by atoms with Gasteiger partial charge in [0.25, 0.3) is 5.91 Å². The molecule has 3 rings (SSSR count). The summed E-state index contributed by atoms with van der Waals surface area (Å²) >= 11 is 1.20. The second-order valence-corrected chi connectivity index (χ2v) is 9.55. The molecule has 30 heavy (non-hydrogen) atoms. The van der Waals surface area contributed by atoms with E-state index in [1.54, 1.807) is 16.7 Å². The van der Waals surface area contributed by atoms with Gasteiger partial charge in [-0.3, -0.25) is 4.79 Å². The Hall–Kier alpha value is -2.75. The van der Waals surface area contributed by atoms with Crippen molar-refractivity contribution in [2.45, 2.75) is 31.2 Å². The average molecular weight is 446 g/mol. The number of hydrogen-bond acceptors (Lipinski definition) is 5. The molecule has 0 fully saturated rings. The zero-order valence-electron chi connectivity index (χ0n) is 16.7. The summed E-state index contributed by atoms with van der Waals surface area (Å²) < 4.78 is 31.2. The Morgan fingerprint density at radius 2 is 1.97 bits per heavy atom. The lowest BCUT2D eigenvalue weighted by molar-refractivity contribution is -0.120. The number of amides is 1. The molecule has 0 saturated heterocycles. The molecule has 2 N–H and O–H groups in total. The molecule has 0 aliphatic heterocycles. The van der Waals surface area contributed by atoms with E-state index in [9.17, 15) is 13.2 Å². The minimum Gasteiger partial charge on any atom is -0.484 e. The smallest absolute Gasteiger partial charge is 0.286 e. The highest BCUT2D eigenvalue weighted by molar-refractivity contribution is 7.89. The number of carbonyl (C=O) groups is 1. The fraction of sp³-hybridized carbons (Fsp3) is 0.238. The largest absolute Gasteiger partial charge is 0.484 e. The van der Waals surface area contributed by atoms with E-state index < -0.39 is 15.9 Å². The predicted molar refractivity (Wildman–Crippen MR) is 118 cm³/mol. The molecule has 1 amide bonds. The number of hydrogen-bond donors (Lipinski definition) is 1. The lowest BCUT2D eigenvalue weighted by Gasteiger charge is -2.07. The van der Waals surface area contributed by atoms with Crippen LogP contribution in [-0.2, 0) is 21.4 Å². The van der Waals surface area contributed by atoms with E-state index in [1.807, 2.05) is 24.3 Å². The maximum Gasteiger partial charge on any atom is 0.286 e. The molecule has 0 aliphatic rings. The molecule has 1 aromatic heterocycles. The van der Waals surface area contributed by atoms with Gasteiger partial charge in [0.1, 0.15) is 5.75 Å². The standard InChI is InChI=1S/C21H23N3O4S2/c1-4-11-24-18-10-9-17(30(22,26)27)12-19(18)29-21(24)23-20(25)13-28-16-7-5-15(6-8-16)14(2)3/h4-10,12,14H,1,11,13H2,2-3H3,(H2,22,26,27). The maximum atomic E-state index is 12.4. The van der Waals surface area contributed by atoms with Crippen molar-refractivity contribution in [3.63, 3.8) is 0 Å². The highest BCUT2D eigenvalue weighted by Gasteiger charge is 2.13. The van der Waals surface area contributed by atoms with E-state index in [1.165, 1.54) is 29.0 Å². The van der Waals surface area contributed by atoms with Gasteiger partial charge in [-0.25, -0.2) is 13.6 Å². The third-order valence-electron chi connectivity index (χ3n) is 4.42. The van der Waals surface area contributed by atoms with E-state index >= 15 is 0 Å². The van der Waals surface area contributed by atoms with Gasteiger partial charge in [0.05, 0.1) is 15.1 Å². The first-order chi connectivity index (χ1) is 14.2. The van der Waals surface area contributed by atoms with Gasteiger partial charge in [0.2, 0.25) is 10.0 Å². The molecular weight excluding hydrogens is 422 g/mol. The topological polar surface area (TPSA) is 104 Å². The third-order valence-corrected chi connectivity index (χ3v) is 6.38. The van der Waals surface area contributed by atoms with Crippen LogP contribution in [0.1, 0.15) is 25.3 Å². The highest BCUT2D eigenvalue weighted by atomic mass is 32.2. The van der Waals surface area contributed by atoms with Gasteiger partial charge in [-0.05, 0) is 41.8 Å². The quantitative estimate of drug-likeness (QED) is 0.564. The van der Waals surface area contributed by atoms with Gasteiger partial charge in [0, 0.05) is 6.54 Å². The molecule has 9 heteroatoms. The van der Waals surface area contributed by atoms with E-state index in [2.05, 4.69) is 25.4 Å². The van der Waals surface area contributed by atoms with E-state index in [4.69, 9.17) is 9.88 Å². The SMILES string of the molecule is C=CCn1c(=NC(=O)COc2ccc(C(C)C)cc2)sc2cc(S(N)(=O)=O)ccc21. The number of aromatic nitrogens is 1. The van der Waals surface area contributed by atoms with Crippen LogP contribution in [0.4, 0.5) is 0 Å². The molecular formula is C21H23N3O4S2. The summed E-state index contributed by atoms with van der Waals surface area (Å²) in [5.41, 5.74) is 1.93. The van der Waals surface area contributed by atoms with Crippen LogP contribution in [0.2, 0.25) is 0 Å². The van der Waals surface area contributed by atoms with Crippen LogP contribution in [0, 0.1) is 0 Å². The van der Waals surface area contributed by atoms with Gasteiger partial charge >= 0.3 is 0 Å². The van der Waals surface area contributed by atoms with Crippen molar-refractivity contribution >= 4 is 37.5 Å². The fourth-order valence-corrected chi connectivity index (χ4v) is 4.56. The molecule has 0 spiro atoms. The number of ether oxygens (including phenoxy) is 1. The van der Waals surface area contributed by atoms with Gasteiger partial charge in [-0.2, -0.15) is 4.99 Å². The first kappa shape index (κ1) is 21.9. The lowest BCUT2D eigenvalue weighted by atomic mass is 10.0. The first-order valence-corrected chi connectivity index (χ1v) is 11.6. The number of benzene rings is 2. The third kappa shape index (κ3) is 5.05. The number of thiazole rings is 1. The van der Waals surface area contributed by atoms with Crippen molar-refractivity contribution < 1.29 is 17.9 Å². The summed E-state index contributed by atoms with van der Waals surface area (Å²) in [6.07, 6.45) is 1.68. The Labute approximate surface area is 179 Å². The molecule has 7 nitrogen and oxygen atoms in total. The Balaban J connectivity index is 1.87. The number of sulfonamides is 1. The van der Waals surface area contributed by atoms with Crippen LogP contribution in [0.15, 0.2) is 65.0 Å². The maximum absolute atomic E-state index is 12.4. The molecule has 0 radical (unpaired) electrons. The Morgan fingerprint density at radius 1 is 1.27 bits per heavy atom. The number of carbonyl (C=O) groups excluding carboxylic acids is 1. The first-order valence-electron chi connectivity index (χ1n) is 9.26. The zero-order chi connectivity index (χ0) is 21.9. The second-order valence-electron chi connectivity index (χ2n) is 6.98. The molecule has 158 valence electrons. The van der Waals surface area contributed by atoms with Crippen molar-refractivity contribution in [1.29, 1.82) is 0 Å². The van der Waals surface area contributed by atoms with Crippen molar-refractivity contribution in [3.05, 3.63) is 65.5 Å². The Kier molecular flexibility index (Phi) is 6.55. The summed E-state index contributed by atoms with van der Waals surface area (Å²) in [6.45, 7) is 8.15. The highest BCUT2D eigenvalue weighted by Crippen LogP contribution is 2.22. The number of rotatable bonds is 7. The van der Waals surface area contributed by atoms with Crippen molar-refractivity contribution in [1.82, 2.24) is 4.57 Å². The van der Waals surface area contributed by atoms with Crippen LogP contribution in [0.5, 0.6) is 5.75 Å². The zero-order valence-corrected chi connectivity index (χ0v) is 18.4. The summed E-state index contributed by atoms with van der Waals surface area (Å²) in [5.74, 6) is 0.564. The number of primary sulfonamides is 1. The predicted octanol–water partition coefficient (Wildman–Crippen LogP) is 3.17. The van der Waals surface area contributed by atoms with Gasteiger partial charge in [0.15, 0.2) is 11.4 Å². The van der Waals surface area contributed by atoms with Crippen LogP contribution in [-0.4, -0.2) is 25.5 Å². The van der Waals surface area contributed by atoms with Crippen LogP contribution in [0.3, 0.4) is 0 Å². The van der Waals surface area contributed by atoms with Gasteiger partial charge in [-0.15, -0.1) is 6.58 Å². The number of allylic oxidation sites excluding steroid dienone is 1. The normalized spacial score (nSPS) is 12.5. The minimum absolute atomic E-state index is 0.00746. The number of nitrogens with zero attached hydrogens (tertiary/aromatic N) is 2. The van der Waals surface area contributed by atoms with Crippen LogP contribution < -0.4 is 14.7 Å². The molecule has 3 aromatic rings. The molecule has 0 saturated carbocycles. The molecule has 1 heterocycles. The number of nitrogens with two attached hydrogens (primary N) is 1. The van der Waals surface area contributed by atoms with Crippen molar-refractivity contribution in [3.8, 4) is 5.75 Å². The lowest BCUT2D eigenvalue weighted by Crippen LogP contribution is -2.19. The minimum atomic E-state index is -3.82. The summed E-state index contributed by atoms with van der Waals surface area (Å²) in [6, 6.07) is 12.1. The fourth-order valence-electron chi connectivity index (χ4n) is 2.85. The Bertz CT molecular complexity index is 1250. The van der Waals surface area contributed by atoms with E-state index in [0.717, 1.165) is 5.52 Å². The van der Waals surface area contributed by atoms with Crippen LogP contribution in [0.25, 0.3) is 10.2 Å². The molecule has 0 atom stereocenters. The molecule has 0 unspecified atom stereocenters. The monoisotopic (exact) mass is 445 g/mol.